The van der Waals surface area contributed by atoms with Crippen molar-refractivity contribution in [2.24, 2.45) is 0 Å². The number of carbonyl (C=O) groups excluding carboxylic acids is 1. The number of rotatable bonds is 6. The van der Waals surface area contributed by atoms with E-state index >= 15 is 0 Å². The molecule has 6 heteroatoms. The molecule has 25 heavy (non-hydrogen) atoms. The summed E-state index contributed by atoms with van der Waals surface area (Å²) in [6, 6.07) is 4.55. The number of amides is 1. The average Bonchev–Trinajstić information content (AvgIpc) is 3.29. The SMILES string of the molecule is CCc1cnc(CN(C(C)=O)C2CCN(C(C)c3cccnc3)C2)o1. The first kappa shape index (κ1) is 17.6. The number of carbonyl (C=O) groups is 1. The minimum atomic E-state index is 0.0668. The first-order chi connectivity index (χ1) is 12.1. The topological polar surface area (TPSA) is 62.5 Å². The van der Waals surface area contributed by atoms with Crippen molar-refractivity contribution in [2.45, 2.75) is 52.2 Å². The quantitative estimate of drug-likeness (QED) is 0.808. The normalized spacial score (nSPS) is 19.1. The van der Waals surface area contributed by atoms with Gasteiger partial charge in [-0.15, -0.1) is 0 Å². The van der Waals surface area contributed by atoms with Crippen LogP contribution in [-0.4, -0.2) is 44.8 Å². The van der Waals surface area contributed by atoms with E-state index in [4.69, 9.17) is 4.42 Å². The van der Waals surface area contributed by atoms with Crippen LogP contribution in [0.5, 0.6) is 0 Å². The zero-order valence-electron chi connectivity index (χ0n) is 15.2. The fourth-order valence-electron chi connectivity index (χ4n) is 3.44. The maximum atomic E-state index is 12.2. The molecule has 0 aliphatic carbocycles. The lowest BCUT2D eigenvalue weighted by Crippen LogP contribution is -2.40. The Kier molecular flexibility index (Phi) is 5.48. The van der Waals surface area contributed by atoms with E-state index in [9.17, 15) is 4.79 Å². The van der Waals surface area contributed by atoms with Gasteiger partial charge in [0, 0.05) is 50.9 Å². The van der Waals surface area contributed by atoms with Gasteiger partial charge in [0.25, 0.3) is 0 Å². The highest BCUT2D eigenvalue weighted by molar-refractivity contribution is 5.73. The van der Waals surface area contributed by atoms with Crippen LogP contribution in [0.2, 0.25) is 0 Å². The van der Waals surface area contributed by atoms with Gasteiger partial charge in [0.15, 0.2) is 0 Å². The maximum Gasteiger partial charge on any atom is 0.220 e. The van der Waals surface area contributed by atoms with Crippen LogP contribution in [0.3, 0.4) is 0 Å². The van der Waals surface area contributed by atoms with Gasteiger partial charge in [-0.3, -0.25) is 14.7 Å². The molecule has 6 nitrogen and oxygen atoms in total. The smallest absolute Gasteiger partial charge is 0.220 e. The Morgan fingerprint density at radius 1 is 1.48 bits per heavy atom. The predicted molar refractivity (Wildman–Crippen MR) is 94.7 cm³/mol. The van der Waals surface area contributed by atoms with E-state index in [1.165, 1.54) is 5.56 Å². The lowest BCUT2D eigenvalue weighted by molar-refractivity contribution is -0.132. The lowest BCUT2D eigenvalue weighted by Gasteiger charge is -2.29. The highest BCUT2D eigenvalue weighted by atomic mass is 16.4. The molecule has 134 valence electrons. The summed E-state index contributed by atoms with van der Waals surface area (Å²) in [4.78, 5) is 25.0. The third kappa shape index (κ3) is 4.07. The second-order valence-corrected chi connectivity index (χ2v) is 6.62. The van der Waals surface area contributed by atoms with Gasteiger partial charge < -0.3 is 9.32 Å². The fraction of sp³-hybridized carbons (Fsp3) is 0.526. The number of pyridine rings is 1. The monoisotopic (exact) mass is 342 g/mol. The Hall–Kier alpha value is -2.21. The highest BCUT2D eigenvalue weighted by Crippen LogP contribution is 2.27. The van der Waals surface area contributed by atoms with Crippen molar-refractivity contribution >= 4 is 5.91 Å². The molecule has 2 aromatic heterocycles. The maximum absolute atomic E-state index is 12.2. The van der Waals surface area contributed by atoms with Crippen LogP contribution >= 0.6 is 0 Å². The Morgan fingerprint density at radius 3 is 2.96 bits per heavy atom. The third-order valence-electron chi connectivity index (χ3n) is 5.01. The van der Waals surface area contributed by atoms with E-state index in [1.807, 2.05) is 24.1 Å². The molecule has 0 bridgehead atoms. The summed E-state index contributed by atoms with van der Waals surface area (Å²) in [5, 5.41) is 0. The molecule has 1 saturated heterocycles. The molecule has 3 rings (SSSR count). The molecule has 2 unspecified atom stereocenters. The number of hydrogen-bond acceptors (Lipinski definition) is 5. The van der Waals surface area contributed by atoms with Gasteiger partial charge in [-0.1, -0.05) is 13.0 Å². The van der Waals surface area contributed by atoms with E-state index in [-0.39, 0.29) is 11.9 Å². The van der Waals surface area contributed by atoms with Crippen LogP contribution in [0.4, 0.5) is 0 Å². The second-order valence-electron chi connectivity index (χ2n) is 6.62. The second kappa shape index (κ2) is 7.78. The van der Waals surface area contributed by atoms with Crippen LogP contribution in [0, 0.1) is 0 Å². The third-order valence-corrected chi connectivity index (χ3v) is 5.01. The van der Waals surface area contributed by atoms with Crippen molar-refractivity contribution in [1.82, 2.24) is 19.8 Å². The van der Waals surface area contributed by atoms with Crippen LogP contribution < -0.4 is 0 Å². The van der Waals surface area contributed by atoms with Crippen molar-refractivity contribution in [1.29, 1.82) is 0 Å². The molecule has 1 fully saturated rings. The Morgan fingerprint density at radius 2 is 2.32 bits per heavy atom. The number of hydrogen-bond donors (Lipinski definition) is 0. The Bertz CT molecular complexity index is 700. The molecule has 0 spiro atoms. The van der Waals surface area contributed by atoms with Crippen molar-refractivity contribution in [3.8, 4) is 0 Å². The van der Waals surface area contributed by atoms with Crippen molar-refractivity contribution in [2.75, 3.05) is 13.1 Å². The summed E-state index contributed by atoms with van der Waals surface area (Å²) in [7, 11) is 0. The number of oxazole rings is 1. The lowest BCUT2D eigenvalue weighted by atomic mass is 10.1. The minimum absolute atomic E-state index is 0.0668. The fourth-order valence-corrected chi connectivity index (χ4v) is 3.44. The van der Waals surface area contributed by atoms with Gasteiger partial charge in [-0.25, -0.2) is 4.98 Å². The molecule has 0 radical (unpaired) electrons. The summed E-state index contributed by atoms with van der Waals surface area (Å²) in [6.45, 7) is 8.11. The number of nitrogens with zero attached hydrogens (tertiary/aromatic N) is 4. The van der Waals surface area contributed by atoms with Gasteiger partial charge in [-0.2, -0.15) is 0 Å². The zero-order valence-corrected chi connectivity index (χ0v) is 15.2. The summed E-state index contributed by atoms with van der Waals surface area (Å²) in [5.74, 6) is 1.54. The molecule has 2 aromatic rings. The van der Waals surface area contributed by atoms with Crippen molar-refractivity contribution < 1.29 is 9.21 Å². The van der Waals surface area contributed by atoms with Crippen LogP contribution in [0.15, 0.2) is 35.1 Å². The van der Waals surface area contributed by atoms with Gasteiger partial charge in [-0.05, 0) is 25.0 Å². The van der Waals surface area contributed by atoms with Crippen molar-refractivity contribution in [3.05, 3.63) is 47.9 Å². The standard InChI is InChI=1S/C19H26N4O2/c1-4-18-11-21-19(25-18)13-23(15(3)24)17-7-9-22(12-17)14(2)16-6-5-8-20-10-16/h5-6,8,10-11,14,17H,4,7,9,12-13H2,1-3H3. The molecule has 2 atom stereocenters. The van der Waals surface area contributed by atoms with Gasteiger partial charge >= 0.3 is 0 Å². The summed E-state index contributed by atoms with van der Waals surface area (Å²) >= 11 is 0. The van der Waals surface area contributed by atoms with E-state index < -0.39 is 0 Å². The van der Waals surface area contributed by atoms with Crippen LogP contribution in [0.25, 0.3) is 0 Å². The van der Waals surface area contributed by atoms with Crippen LogP contribution in [0.1, 0.15) is 50.4 Å². The van der Waals surface area contributed by atoms with Crippen molar-refractivity contribution in [3.63, 3.8) is 0 Å². The van der Waals surface area contributed by atoms with Gasteiger partial charge in [0.05, 0.1) is 12.7 Å². The van der Waals surface area contributed by atoms with E-state index in [0.717, 1.165) is 31.7 Å². The number of aromatic nitrogens is 2. The largest absolute Gasteiger partial charge is 0.444 e. The summed E-state index contributed by atoms with van der Waals surface area (Å²) in [5.41, 5.74) is 1.21. The predicted octanol–water partition coefficient (Wildman–Crippen LogP) is 2.82. The molecule has 1 aliphatic heterocycles. The average molecular weight is 342 g/mol. The van der Waals surface area contributed by atoms with E-state index in [1.54, 1.807) is 19.3 Å². The molecule has 1 amide bonds. The number of aryl methyl sites for hydroxylation is 1. The minimum Gasteiger partial charge on any atom is -0.444 e. The first-order valence-electron chi connectivity index (χ1n) is 8.93. The van der Waals surface area contributed by atoms with E-state index in [2.05, 4.69) is 27.9 Å². The molecular formula is C19H26N4O2. The first-order valence-corrected chi connectivity index (χ1v) is 8.93. The van der Waals surface area contributed by atoms with Gasteiger partial charge in [0.1, 0.15) is 5.76 Å². The molecule has 0 saturated carbocycles. The highest BCUT2D eigenvalue weighted by Gasteiger charge is 2.32. The van der Waals surface area contributed by atoms with Crippen LogP contribution in [-0.2, 0) is 17.8 Å². The molecular weight excluding hydrogens is 316 g/mol. The van der Waals surface area contributed by atoms with E-state index in [0.29, 0.717) is 18.5 Å². The zero-order chi connectivity index (χ0) is 17.8. The molecule has 3 heterocycles. The van der Waals surface area contributed by atoms with Gasteiger partial charge in [0.2, 0.25) is 11.8 Å². The Labute approximate surface area is 148 Å². The molecule has 0 N–H and O–H groups in total. The Balaban J connectivity index is 1.66. The summed E-state index contributed by atoms with van der Waals surface area (Å²) in [6.07, 6.45) is 7.23. The summed E-state index contributed by atoms with van der Waals surface area (Å²) < 4.78 is 5.69. The number of likely N-dealkylation sites (tertiary alicyclic amines) is 1. The molecule has 0 aromatic carbocycles. The molecule has 1 aliphatic rings.